The number of carbonyl (C=O) groups is 1. The summed E-state index contributed by atoms with van der Waals surface area (Å²) in [7, 11) is 0. The van der Waals surface area contributed by atoms with Crippen molar-refractivity contribution in [1.29, 1.82) is 0 Å². The Bertz CT molecular complexity index is 581. The lowest BCUT2D eigenvalue weighted by molar-refractivity contribution is 0.0526. The van der Waals surface area contributed by atoms with Crippen LogP contribution in [0.25, 0.3) is 5.69 Å². The zero-order valence-corrected chi connectivity index (χ0v) is 9.56. The number of hydrogen-bond acceptors (Lipinski definition) is 3. The van der Waals surface area contributed by atoms with Crippen molar-refractivity contribution in [3.63, 3.8) is 0 Å². The van der Waals surface area contributed by atoms with Crippen LogP contribution in [0.1, 0.15) is 17.3 Å². The molecule has 2 rings (SSSR count). The van der Waals surface area contributed by atoms with Crippen molar-refractivity contribution in [3.8, 4) is 5.69 Å². The van der Waals surface area contributed by atoms with Gasteiger partial charge >= 0.3 is 5.97 Å². The van der Waals surface area contributed by atoms with Crippen molar-refractivity contribution < 1.29 is 18.3 Å². The van der Waals surface area contributed by atoms with Crippen LogP contribution in [0.3, 0.4) is 0 Å². The van der Waals surface area contributed by atoms with Crippen molar-refractivity contribution in [2.75, 3.05) is 6.61 Å². The molecule has 0 saturated carbocycles. The summed E-state index contributed by atoms with van der Waals surface area (Å²) < 4.78 is 32.3. The number of aromatic nitrogens is 2. The molecule has 4 nitrogen and oxygen atoms in total. The second-order valence-corrected chi connectivity index (χ2v) is 3.49. The number of carbonyl (C=O) groups excluding carboxylic acids is 1. The van der Waals surface area contributed by atoms with Crippen molar-refractivity contribution in [2.24, 2.45) is 0 Å². The predicted octanol–water partition coefficient (Wildman–Crippen LogP) is 2.33. The second-order valence-electron chi connectivity index (χ2n) is 3.49. The molecule has 0 radical (unpaired) electrons. The summed E-state index contributed by atoms with van der Waals surface area (Å²) in [4.78, 5) is 11.4. The van der Waals surface area contributed by atoms with E-state index in [9.17, 15) is 13.6 Å². The minimum Gasteiger partial charge on any atom is -0.462 e. The van der Waals surface area contributed by atoms with Crippen molar-refractivity contribution in [2.45, 2.75) is 6.92 Å². The third-order valence-electron chi connectivity index (χ3n) is 2.25. The summed E-state index contributed by atoms with van der Waals surface area (Å²) in [5.41, 5.74) is 0.117. The Morgan fingerprint density at radius 3 is 2.94 bits per heavy atom. The summed E-state index contributed by atoms with van der Waals surface area (Å²) in [6.07, 6.45) is 2.53. The highest BCUT2D eigenvalue weighted by Crippen LogP contribution is 2.15. The van der Waals surface area contributed by atoms with E-state index in [0.29, 0.717) is 0 Å². The Labute approximate surface area is 102 Å². The van der Waals surface area contributed by atoms with Gasteiger partial charge in [0, 0.05) is 12.3 Å². The SMILES string of the molecule is CCOC(=O)c1cnn(-c2cc(F)ccc2F)c1. The molecule has 0 fully saturated rings. The number of nitrogens with zero attached hydrogens (tertiary/aromatic N) is 2. The molecule has 0 unspecified atom stereocenters. The van der Waals surface area contributed by atoms with Crippen LogP contribution < -0.4 is 0 Å². The molecule has 1 aromatic heterocycles. The first-order valence-corrected chi connectivity index (χ1v) is 5.29. The first-order valence-electron chi connectivity index (χ1n) is 5.29. The molecular formula is C12H10F2N2O2. The van der Waals surface area contributed by atoms with Gasteiger partial charge in [-0.3, -0.25) is 0 Å². The van der Waals surface area contributed by atoms with Crippen LogP contribution in [0.15, 0.2) is 30.6 Å². The van der Waals surface area contributed by atoms with Crippen LogP contribution in [0.5, 0.6) is 0 Å². The Kier molecular flexibility index (Phi) is 3.36. The molecule has 0 saturated heterocycles. The maximum absolute atomic E-state index is 13.5. The Morgan fingerprint density at radius 2 is 2.22 bits per heavy atom. The fourth-order valence-electron chi connectivity index (χ4n) is 1.44. The number of esters is 1. The van der Waals surface area contributed by atoms with E-state index in [1.807, 2.05) is 0 Å². The normalized spacial score (nSPS) is 10.4. The van der Waals surface area contributed by atoms with Gasteiger partial charge in [-0.1, -0.05) is 0 Å². The monoisotopic (exact) mass is 252 g/mol. The molecule has 2 aromatic rings. The average Bonchev–Trinajstić information content (AvgIpc) is 2.82. The minimum atomic E-state index is -0.630. The molecule has 0 aliphatic rings. The minimum absolute atomic E-state index is 0.0643. The van der Waals surface area contributed by atoms with Crippen LogP contribution in [0.4, 0.5) is 8.78 Å². The molecule has 6 heteroatoms. The van der Waals surface area contributed by atoms with Gasteiger partial charge in [-0.15, -0.1) is 0 Å². The van der Waals surface area contributed by atoms with Crippen LogP contribution in [-0.4, -0.2) is 22.4 Å². The lowest BCUT2D eigenvalue weighted by Crippen LogP contribution is -2.03. The highest BCUT2D eigenvalue weighted by molar-refractivity contribution is 5.88. The summed E-state index contributed by atoms with van der Waals surface area (Å²) >= 11 is 0. The molecule has 18 heavy (non-hydrogen) atoms. The molecule has 94 valence electrons. The lowest BCUT2D eigenvalue weighted by Gasteiger charge is -2.02. The van der Waals surface area contributed by atoms with E-state index in [-0.39, 0.29) is 17.9 Å². The number of halogens is 2. The van der Waals surface area contributed by atoms with Gasteiger partial charge in [0.15, 0.2) is 0 Å². The van der Waals surface area contributed by atoms with E-state index in [0.717, 1.165) is 22.9 Å². The van der Waals surface area contributed by atoms with Gasteiger partial charge < -0.3 is 4.74 Å². The van der Waals surface area contributed by atoms with Crippen LogP contribution in [-0.2, 0) is 4.74 Å². The number of rotatable bonds is 3. The zero-order valence-electron chi connectivity index (χ0n) is 9.56. The van der Waals surface area contributed by atoms with Crippen LogP contribution in [0.2, 0.25) is 0 Å². The van der Waals surface area contributed by atoms with Gasteiger partial charge in [0.2, 0.25) is 0 Å². The largest absolute Gasteiger partial charge is 0.462 e. The topological polar surface area (TPSA) is 44.1 Å². The highest BCUT2D eigenvalue weighted by atomic mass is 19.1. The fraction of sp³-hybridized carbons (Fsp3) is 0.167. The van der Waals surface area contributed by atoms with E-state index >= 15 is 0 Å². The highest BCUT2D eigenvalue weighted by Gasteiger charge is 2.12. The van der Waals surface area contributed by atoms with Gasteiger partial charge in [-0.05, 0) is 19.1 Å². The van der Waals surface area contributed by atoms with Gasteiger partial charge in [0.05, 0.1) is 18.4 Å². The van der Waals surface area contributed by atoms with Crippen molar-refractivity contribution in [1.82, 2.24) is 9.78 Å². The molecule has 0 amide bonds. The van der Waals surface area contributed by atoms with E-state index in [1.165, 1.54) is 12.4 Å². The van der Waals surface area contributed by atoms with Crippen LogP contribution in [0, 0.1) is 11.6 Å². The van der Waals surface area contributed by atoms with E-state index in [1.54, 1.807) is 6.92 Å². The third-order valence-corrected chi connectivity index (χ3v) is 2.25. The van der Waals surface area contributed by atoms with Gasteiger partial charge in [-0.2, -0.15) is 5.10 Å². The molecular weight excluding hydrogens is 242 g/mol. The number of ether oxygens (including phenoxy) is 1. The first kappa shape index (κ1) is 12.2. The summed E-state index contributed by atoms with van der Waals surface area (Å²) in [5.74, 6) is -1.77. The molecule has 0 atom stereocenters. The smallest absolute Gasteiger partial charge is 0.341 e. The lowest BCUT2D eigenvalue weighted by atomic mass is 10.3. The molecule has 0 bridgehead atoms. The average molecular weight is 252 g/mol. The van der Waals surface area contributed by atoms with E-state index in [2.05, 4.69) is 5.10 Å². The number of hydrogen-bond donors (Lipinski definition) is 0. The molecule has 1 heterocycles. The first-order chi connectivity index (χ1) is 8.61. The quantitative estimate of drug-likeness (QED) is 0.787. The standard InChI is InChI=1S/C12H10F2N2O2/c1-2-18-12(17)8-6-15-16(7-8)11-5-9(13)3-4-10(11)14/h3-7H,2H2,1H3. The fourth-order valence-corrected chi connectivity index (χ4v) is 1.44. The van der Waals surface area contributed by atoms with Crippen LogP contribution >= 0.6 is 0 Å². The predicted molar refractivity (Wildman–Crippen MR) is 59.4 cm³/mol. The Hall–Kier alpha value is -2.24. The third kappa shape index (κ3) is 2.37. The molecule has 0 spiro atoms. The molecule has 0 N–H and O–H groups in total. The van der Waals surface area contributed by atoms with Crippen molar-refractivity contribution in [3.05, 3.63) is 47.8 Å². The molecule has 1 aromatic carbocycles. The molecule has 0 aliphatic heterocycles. The Balaban J connectivity index is 2.35. The van der Waals surface area contributed by atoms with E-state index < -0.39 is 17.6 Å². The maximum atomic E-state index is 13.5. The summed E-state index contributed by atoms with van der Waals surface area (Å²) in [6, 6.07) is 3.00. The van der Waals surface area contributed by atoms with Gasteiger partial charge in [0.1, 0.15) is 17.3 Å². The maximum Gasteiger partial charge on any atom is 0.341 e. The summed E-state index contributed by atoms with van der Waals surface area (Å²) in [6.45, 7) is 1.91. The number of benzene rings is 1. The van der Waals surface area contributed by atoms with Gasteiger partial charge in [-0.25, -0.2) is 18.3 Å². The Morgan fingerprint density at radius 1 is 1.44 bits per heavy atom. The second kappa shape index (κ2) is 4.95. The zero-order chi connectivity index (χ0) is 13.1. The summed E-state index contributed by atoms with van der Waals surface area (Å²) in [5, 5.41) is 3.80. The molecule has 0 aliphatic carbocycles. The van der Waals surface area contributed by atoms with E-state index in [4.69, 9.17) is 4.74 Å². The van der Waals surface area contributed by atoms with Crippen molar-refractivity contribution >= 4 is 5.97 Å². The van der Waals surface area contributed by atoms with Gasteiger partial charge in [0.25, 0.3) is 0 Å².